The van der Waals surface area contributed by atoms with Crippen molar-refractivity contribution in [3.05, 3.63) is 18.0 Å². The third kappa shape index (κ3) is 2.41. The smallest absolute Gasteiger partial charge is 0.183 e. The average molecular weight is 262 g/mol. The fraction of sp³-hybridized carbons (Fsp3) is 0.667. The minimum absolute atomic E-state index is 0.663. The van der Waals surface area contributed by atoms with Crippen molar-refractivity contribution < 1.29 is 9.47 Å². The predicted octanol–water partition coefficient (Wildman–Crippen LogP) is 2.38. The van der Waals surface area contributed by atoms with Crippen molar-refractivity contribution in [2.75, 3.05) is 14.2 Å². The topological polar surface area (TPSA) is 43.4 Å². The Morgan fingerprint density at radius 2 is 2.16 bits per heavy atom. The monoisotopic (exact) mass is 262 g/mol. The van der Waals surface area contributed by atoms with Crippen LogP contribution in [0.25, 0.3) is 0 Å². The molecule has 0 aliphatic heterocycles. The molecule has 0 saturated heterocycles. The largest absolute Gasteiger partial charge is 0.493 e. The molecule has 3 rings (SSSR count). The molecular weight excluding hydrogens is 240 g/mol. The third-order valence-electron chi connectivity index (χ3n) is 4.64. The van der Waals surface area contributed by atoms with Crippen molar-refractivity contribution >= 4 is 0 Å². The number of hydrogen-bond donors (Lipinski definition) is 1. The van der Waals surface area contributed by atoms with Crippen LogP contribution in [0.2, 0.25) is 0 Å². The lowest BCUT2D eigenvalue weighted by Crippen LogP contribution is -2.33. The first-order valence-corrected chi connectivity index (χ1v) is 7.11. The van der Waals surface area contributed by atoms with Crippen LogP contribution in [0.4, 0.5) is 0 Å². The molecule has 2 fully saturated rings. The van der Waals surface area contributed by atoms with Gasteiger partial charge < -0.3 is 14.8 Å². The summed E-state index contributed by atoms with van der Waals surface area (Å²) in [7, 11) is 3.32. The zero-order valence-electron chi connectivity index (χ0n) is 11.7. The maximum absolute atomic E-state index is 5.42. The van der Waals surface area contributed by atoms with Crippen LogP contribution in [-0.2, 0) is 6.54 Å². The Morgan fingerprint density at radius 3 is 2.79 bits per heavy atom. The van der Waals surface area contributed by atoms with E-state index in [9.17, 15) is 0 Å². The van der Waals surface area contributed by atoms with Crippen LogP contribution in [0.3, 0.4) is 0 Å². The zero-order valence-corrected chi connectivity index (χ0v) is 11.7. The Morgan fingerprint density at radius 1 is 1.26 bits per heavy atom. The predicted molar refractivity (Wildman–Crippen MR) is 73.4 cm³/mol. The molecular formula is C15H22N2O2. The second kappa shape index (κ2) is 5.37. The van der Waals surface area contributed by atoms with Gasteiger partial charge in [0.2, 0.25) is 0 Å². The van der Waals surface area contributed by atoms with Crippen LogP contribution < -0.4 is 14.8 Å². The lowest BCUT2D eigenvalue weighted by atomic mass is 9.95. The lowest BCUT2D eigenvalue weighted by molar-refractivity contribution is 0.332. The Kier molecular flexibility index (Phi) is 3.60. The van der Waals surface area contributed by atoms with Gasteiger partial charge in [-0.2, -0.15) is 0 Å². The molecule has 4 heteroatoms. The quantitative estimate of drug-likeness (QED) is 0.884. The lowest BCUT2D eigenvalue weighted by Gasteiger charge is -2.23. The number of pyridine rings is 1. The summed E-state index contributed by atoms with van der Waals surface area (Å²) in [6.07, 6.45) is 7.35. The van der Waals surface area contributed by atoms with Gasteiger partial charge in [-0.1, -0.05) is 6.42 Å². The second-order valence-corrected chi connectivity index (χ2v) is 5.66. The Bertz CT molecular complexity index is 450. The van der Waals surface area contributed by atoms with Crippen LogP contribution in [0.5, 0.6) is 11.5 Å². The SMILES string of the molecule is COc1ccnc(CNC2CC3CCC2C3)c1OC. The maximum Gasteiger partial charge on any atom is 0.183 e. The van der Waals surface area contributed by atoms with Crippen LogP contribution in [-0.4, -0.2) is 25.2 Å². The average Bonchev–Trinajstić information content (AvgIpc) is 3.06. The van der Waals surface area contributed by atoms with E-state index in [0.717, 1.165) is 35.6 Å². The van der Waals surface area contributed by atoms with Gasteiger partial charge in [0.1, 0.15) is 0 Å². The van der Waals surface area contributed by atoms with Crippen molar-refractivity contribution in [3.8, 4) is 11.5 Å². The van der Waals surface area contributed by atoms with E-state index in [0.29, 0.717) is 6.04 Å². The second-order valence-electron chi connectivity index (χ2n) is 5.66. The molecule has 2 saturated carbocycles. The van der Waals surface area contributed by atoms with Gasteiger partial charge in [-0.3, -0.25) is 4.98 Å². The number of fused-ring (bicyclic) bond motifs is 2. The molecule has 0 aromatic carbocycles. The summed E-state index contributed by atoms with van der Waals surface area (Å²) in [6.45, 7) is 0.758. The molecule has 19 heavy (non-hydrogen) atoms. The number of nitrogens with one attached hydrogen (secondary N) is 1. The van der Waals surface area contributed by atoms with E-state index in [-0.39, 0.29) is 0 Å². The fourth-order valence-corrected chi connectivity index (χ4v) is 3.70. The molecule has 104 valence electrons. The molecule has 1 N–H and O–H groups in total. The molecule has 2 aliphatic carbocycles. The van der Waals surface area contributed by atoms with Crippen LogP contribution in [0, 0.1) is 11.8 Å². The highest BCUT2D eigenvalue weighted by Gasteiger charge is 2.39. The van der Waals surface area contributed by atoms with E-state index in [2.05, 4.69) is 10.3 Å². The van der Waals surface area contributed by atoms with E-state index >= 15 is 0 Å². The van der Waals surface area contributed by atoms with Crippen molar-refractivity contribution in [2.24, 2.45) is 11.8 Å². The van der Waals surface area contributed by atoms with E-state index in [4.69, 9.17) is 9.47 Å². The number of aromatic nitrogens is 1. The van der Waals surface area contributed by atoms with Gasteiger partial charge in [-0.25, -0.2) is 0 Å². The summed E-state index contributed by atoms with van der Waals surface area (Å²) in [5, 5.41) is 3.66. The first-order valence-electron chi connectivity index (χ1n) is 7.11. The van der Waals surface area contributed by atoms with Crippen LogP contribution in [0.1, 0.15) is 31.4 Å². The van der Waals surface area contributed by atoms with Gasteiger partial charge in [0.15, 0.2) is 11.5 Å². The molecule has 4 nitrogen and oxygen atoms in total. The van der Waals surface area contributed by atoms with Crippen LogP contribution >= 0.6 is 0 Å². The van der Waals surface area contributed by atoms with Crippen LogP contribution in [0.15, 0.2) is 12.3 Å². The fourth-order valence-electron chi connectivity index (χ4n) is 3.70. The van der Waals surface area contributed by atoms with Crippen molar-refractivity contribution in [3.63, 3.8) is 0 Å². The highest BCUT2D eigenvalue weighted by Crippen LogP contribution is 2.44. The summed E-state index contributed by atoms with van der Waals surface area (Å²) in [5.41, 5.74) is 0.935. The molecule has 1 aromatic heterocycles. The number of ether oxygens (including phenoxy) is 2. The van der Waals surface area contributed by atoms with E-state index in [1.54, 1.807) is 20.4 Å². The summed E-state index contributed by atoms with van der Waals surface area (Å²) < 4.78 is 10.7. The van der Waals surface area contributed by atoms with Crippen molar-refractivity contribution in [2.45, 2.75) is 38.3 Å². The molecule has 1 heterocycles. The molecule has 2 bridgehead atoms. The molecule has 1 aromatic rings. The van der Waals surface area contributed by atoms with E-state index in [1.807, 2.05) is 6.07 Å². The van der Waals surface area contributed by atoms with Crippen molar-refractivity contribution in [1.29, 1.82) is 0 Å². The van der Waals surface area contributed by atoms with Gasteiger partial charge in [0.25, 0.3) is 0 Å². The van der Waals surface area contributed by atoms with Gasteiger partial charge in [0, 0.05) is 24.8 Å². The molecule has 3 unspecified atom stereocenters. The standard InChI is InChI=1S/C15H22N2O2/c1-18-14-5-6-16-13(15(14)19-2)9-17-12-8-10-3-4-11(12)7-10/h5-6,10-12,17H,3-4,7-9H2,1-2H3. The molecule has 0 amide bonds. The number of rotatable bonds is 5. The van der Waals surface area contributed by atoms with E-state index in [1.165, 1.54) is 25.7 Å². The normalized spacial score (nSPS) is 28.6. The van der Waals surface area contributed by atoms with E-state index < -0.39 is 0 Å². The Hall–Kier alpha value is -1.29. The molecule has 0 spiro atoms. The first kappa shape index (κ1) is 12.7. The molecule has 3 atom stereocenters. The highest BCUT2D eigenvalue weighted by atomic mass is 16.5. The number of methoxy groups -OCH3 is 2. The Labute approximate surface area is 114 Å². The summed E-state index contributed by atoms with van der Waals surface area (Å²) in [6, 6.07) is 2.50. The van der Waals surface area contributed by atoms with Gasteiger partial charge in [0.05, 0.1) is 19.9 Å². The van der Waals surface area contributed by atoms with Gasteiger partial charge >= 0.3 is 0 Å². The minimum atomic E-state index is 0.663. The number of nitrogens with zero attached hydrogens (tertiary/aromatic N) is 1. The molecule has 2 aliphatic rings. The zero-order chi connectivity index (χ0) is 13.2. The van der Waals surface area contributed by atoms with Gasteiger partial charge in [-0.05, 0) is 31.1 Å². The summed E-state index contributed by atoms with van der Waals surface area (Å²) >= 11 is 0. The number of hydrogen-bond acceptors (Lipinski definition) is 4. The van der Waals surface area contributed by atoms with Gasteiger partial charge in [-0.15, -0.1) is 0 Å². The summed E-state index contributed by atoms with van der Waals surface area (Å²) in [4.78, 5) is 4.41. The first-order chi connectivity index (χ1) is 9.31. The van der Waals surface area contributed by atoms with Crippen molar-refractivity contribution in [1.82, 2.24) is 10.3 Å². The summed E-state index contributed by atoms with van der Waals surface area (Å²) in [5.74, 6) is 3.34. The third-order valence-corrected chi connectivity index (χ3v) is 4.64. The minimum Gasteiger partial charge on any atom is -0.493 e. The molecule has 0 radical (unpaired) electrons. The maximum atomic E-state index is 5.42. The Balaban J connectivity index is 1.66. The highest BCUT2D eigenvalue weighted by molar-refractivity contribution is 5.42.